The summed E-state index contributed by atoms with van der Waals surface area (Å²) in [6, 6.07) is 5.24. The number of benzene rings is 1. The molecule has 1 heterocycles. The number of hydrogen-bond donors (Lipinski definition) is 1. The van der Waals surface area contributed by atoms with Crippen molar-refractivity contribution in [1.82, 2.24) is 14.8 Å². The van der Waals surface area contributed by atoms with Gasteiger partial charge in [0.05, 0.1) is 12.1 Å². The van der Waals surface area contributed by atoms with E-state index >= 15 is 0 Å². The van der Waals surface area contributed by atoms with Crippen molar-refractivity contribution in [2.24, 2.45) is 0 Å². The minimum atomic E-state index is -1.13. The molecule has 0 aliphatic carbocycles. The number of nitrogens with zero attached hydrogens (tertiary/aromatic N) is 4. The van der Waals surface area contributed by atoms with Crippen LogP contribution in [-0.4, -0.2) is 25.8 Å². The Morgan fingerprint density at radius 3 is 2.94 bits per heavy atom. The van der Waals surface area contributed by atoms with E-state index in [0.717, 1.165) is 6.07 Å². The number of halogens is 1. The van der Waals surface area contributed by atoms with Crippen LogP contribution in [0.1, 0.15) is 21.7 Å². The van der Waals surface area contributed by atoms with Gasteiger partial charge in [-0.05, 0) is 18.2 Å². The number of carbonyl (C=O) groups is 1. The van der Waals surface area contributed by atoms with Gasteiger partial charge in [0.1, 0.15) is 18.2 Å². The van der Waals surface area contributed by atoms with Crippen LogP contribution in [0.5, 0.6) is 0 Å². The molecule has 0 spiro atoms. The molecule has 1 aromatic heterocycles. The third-order valence-corrected chi connectivity index (χ3v) is 2.26. The Labute approximate surface area is 101 Å². The Bertz CT molecular complexity index is 645. The minimum Gasteiger partial charge on any atom is -0.478 e. The van der Waals surface area contributed by atoms with Crippen LogP contribution in [0.15, 0.2) is 24.5 Å². The molecule has 0 aliphatic heterocycles. The summed E-state index contributed by atoms with van der Waals surface area (Å²) in [6.45, 7) is 0.0155. The van der Waals surface area contributed by atoms with Gasteiger partial charge >= 0.3 is 5.97 Å². The zero-order chi connectivity index (χ0) is 13.1. The summed E-state index contributed by atoms with van der Waals surface area (Å²) in [5, 5.41) is 21.1. The molecule has 1 N–H and O–H groups in total. The van der Waals surface area contributed by atoms with Gasteiger partial charge < -0.3 is 5.11 Å². The third-order valence-electron chi connectivity index (χ3n) is 2.26. The Balaban J connectivity index is 2.30. The lowest BCUT2D eigenvalue weighted by Crippen LogP contribution is -2.05. The van der Waals surface area contributed by atoms with Crippen molar-refractivity contribution < 1.29 is 14.3 Å². The van der Waals surface area contributed by atoms with Crippen LogP contribution in [0.3, 0.4) is 0 Å². The molecule has 0 radical (unpaired) electrons. The number of carboxylic acid groups (broad SMARTS) is 1. The van der Waals surface area contributed by atoms with E-state index in [1.54, 1.807) is 6.07 Å². The molecule has 0 bridgehead atoms. The van der Waals surface area contributed by atoms with Crippen LogP contribution in [0, 0.1) is 17.1 Å². The number of aromatic nitrogens is 3. The van der Waals surface area contributed by atoms with Crippen molar-refractivity contribution in [2.45, 2.75) is 6.54 Å². The average Bonchev–Trinajstić information content (AvgIpc) is 2.79. The maximum absolute atomic E-state index is 13.5. The smallest absolute Gasteiger partial charge is 0.335 e. The van der Waals surface area contributed by atoms with Crippen LogP contribution < -0.4 is 0 Å². The van der Waals surface area contributed by atoms with E-state index in [4.69, 9.17) is 10.4 Å². The lowest BCUT2D eigenvalue weighted by atomic mass is 10.1. The summed E-state index contributed by atoms with van der Waals surface area (Å²) in [7, 11) is 0. The van der Waals surface area contributed by atoms with Gasteiger partial charge in [-0.3, -0.25) is 0 Å². The first kappa shape index (κ1) is 11.7. The van der Waals surface area contributed by atoms with Crippen molar-refractivity contribution in [3.05, 3.63) is 47.3 Å². The van der Waals surface area contributed by atoms with E-state index in [0.29, 0.717) is 0 Å². The van der Waals surface area contributed by atoms with Crippen molar-refractivity contribution in [3.63, 3.8) is 0 Å². The van der Waals surface area contributed by atoms with Gasteiger partial charge in [0.2, 0.25) is 0 Å². The summed E-state index contributed by atoms with van der Waals surface area (Å²) in [6.07, 6.45) is 1.28. The van der Waals surface area contributed by atoms with Crippen LogP contribution in [0.2, 0.25) is 0 Å². The Kier molecular flexibility index (Phi) is 3.02. The molecule has 0 unspecified atom stereocenters. The molecule has 2 rings (SSSR count). The van der Waals surface area contributed by atoms with Crippen molar-refractivity contribution >= 4 is 5.97 Å². The fourth-order valence-corrected chi connectivity index (χ4v) is 1.43. The number of carboxylic acids is 1. The first-order valence-electron chi connectivity index (χ1n) is 4.91. The van der Waals surface area contributed by atoms with Crippen LogP contribution in [0.4, 0.5) is 4.39 Å². The zero-order valence-electron chi connectivity index (χ0n) is 9.04. The standard InChI is InChI=1S/C11H7FN4O2/c12-9-2-1-7(11(17)18)3-8(9)5-16-6-14-10(4-13)15-16/h1-3,6H,5H2,(H,17,18). The molecule has 18 heavy (non-hydrogen) atoms. The highest BCUT2D eigenvalue weighted by Crippen LogP contribution is 2.12. The molecular formula is C11H7FN4O2. The highest BCUT2D eigenvalue weighted by atomic mass is 19.1. The molecular weight excluding hydrogens is 239 g/mol. The first-order chi connectivity index (χ1) is 8.60. The molecule has 0 saturated heterocycles. The first-order valence-corrected chi connectivity index (χ1v) is 4.91. The molecule has 90 valence electrons. The molecule has 0 aliphatic rings. The van der Waals surface area contributed by atoms with Gasteiger partial charge in [0.15, 0.2) is 0 Å². The fraction of sp³-hybridized carbons (Fsp3) is 0.0909. The van der Waals surface area contributed by atoms with Crippen molar-refractivity contribution in [1.29, 1.82) is 5.26 Å². The van der Waals surface area contributed by atoms with Crippen molar-refractivity contribution in [2.75, 3.05) is 0 Å². The molecule has 7 heteroatoms. The second-order valence-corrected chi connectivity index (χ2v) is 3.49. The number of hydrogen-bond acceptors (Lipinski definition) is 4. The number of rotatable bonds is 3. The molecule has 0 atom stereocenters. The Morgan fingerprint density at radius 1 is 1.56 bits per heavy atom. The van der Waals surface area contributed by atoms with E-state index in [-0.39, 0.29) is 23.5 Å². The second kappa shape index (κ2) is 4.63. The van der Waals surface area contributed by atoms with Gasteiger partial charge in [0, 0.05) is 5.56 Å². The van der Waals surface area contributed by atoms with Crippen molar-refractivity contribution in [3.8, 4) is 6.07 Å². The number of aromatic carboxylic acids is 1. The van der Waals surface area contributed by atoms with E-state index in [1.807, 2.05) is 0 Å². The summed E-state index contributed by atoms with van der Waals surface area (Å²) in [5.41, 5.74) is 0.163. The average molecular weight is 246 g/mol. The van der Waals surface area contributed by atoms with Crippen LogP contribution in [0.25, 0.3) is 0 Å². The maximum Gasteiger partial charge on any atom is 0.335 e. The van der Waals surface area contributed by atoms with Crippen LogP contribution >= 0.6 is 0 Å². The van der Waals surface area contributed by atoms with E-state index in [2.05, 4.69) is 10.1 Å². The summed E-state index contributed by atoms with van der Waals surface area (Å²) in [5.74, 6) is -1.69. The predicted octanol–water partition coefficient (Wildman–Crippen LogP) is 1.04. The minimum absolute atomic E-state index is 0.00739. The SMILES string of the molecule is N#Cc1ncn(Cc2cc(C(=O)O)ccc2F)n1. The molecule has 0 fully saturated rings. The second-order valence-electron chi connectivity index (χ2n) is 3.49. The van der Waals surface area contributed by atoms with Gasteiger partial charge in [-0.15, -0.1) is 5.10 Å². The number of nitriles is 1. The Morgan fingerprint density at radius 2 is 2.33 bits per heavy atom. The fourth-order valence-electron chi connectivity index (χ4n) is 1.43. The summed E-state index contributed by atoms with van der Waals surface area (Å²) >= 11 is 0. The van der Waals surface area contributed by atoms with Gasteiger partial charge in [-0.25, -0.2) is 18.9 Å². The molecule has 1 aromatic carbocycles. The predicted molar refractivity (Wildman–Crippen MR) is 57.2 cm³/mol. The molecule has 6 nitrogen and oxygen atoms in total. The van der Waals surface area contributed by atoms with E-state index < -0.39 is 11.8 Å². The van der Waals surface area contributed by atoms with Crippen LogP contribution in [-0.2, 0) is 6.54 Å². The largest absolute Gasteiger partial charge is 0.478 e. The zero-order valence-corrected chi connectivity index (χ0v) is 9.04. The van der Waals surface area contributed by atoms with Gasteiger partial charge in [0.25, 0.3) is 5.82 Å². The summed E-state index contributed by atoms with van der Waals surface area (Å²) < 4.78 is 14.8. The highest BCUT2D eigenvalue weighted by molar-refractivity contribution is 5.87. The topological polar surface area (TPSA) is 91.8 Å². The van der Waals surface area contributed by atoms with Gasteiger partial charge in [-0.1, -0.05) is 0 Å². The monoisotopic (exact) mass is 246 g/mol. The lowest BCUT2D eigenvalue weighted by Gasteiger charge is -2.04. The lowest BCUT2D eigenvalue weighted by molar-refractivity contribution is 0.0696. The maximum atomic E-state index is 13.5. The highest BCUT2D eigenvalue weighted by Gasteiger charge is 2.09. The molecule has 0 saturated carbocycles. The molecule has 0 amide bonds. The van der Waals surface area contributed by atoms with E-state index in [1.165, 1.54) is 23.1 Å². The van der Waals surface area contributed by atoms with Gasteiger partial charge in [-0.2, -0.15) is 5.26 Å². The summed E-state index contributed by atoms with van der Waals surface area (Å²) in [4.78, 5) is 14.4. The quantitative estimate of drug-likeness (QED) is 0.873. The normalized spacial score (nSPS) is 10.0. The third kappa shape index (κ3) is 2.32. The molecule has 2 aromatic rings. The Hall–Kier alpha value is -2.75. The van der Waals surface area contributed by atoms with E-state index in [9.17, 15) is 9.18 Å².